The minimum atomic E-state index is -0.0646. The summed E-state index contributed by atoms with van der Waals surface area (Å²) < 4.78 is 0. The standard InChI is InChI=1S/C20H24N4O/c1-3-4-16-5-7-18(8-6-16)23-20(25)24-12-9-17(13-15(24)2)19-14-21-10-11-22-19/h5-11,14-15H,3-4,12-13H2,1-2H3,(H,23,25)/t15-/m0/s1. The van der Waals surface area contributed by atoms with E-state index in [0.717, 1.165) is 36.2 Å². The molecule has 1 atom stereocenters. The number of nitrogens with one attached hydrogen (secondary N) is 1. The maximum Gasteiger partial charge on any atom is 0.322 e. The lowest BCUT2D eigenvalue weighted by Gasteiger charge is -2.32. The molecule has 0 unspecified atom stereocenters. The first-order valence-electron chi connectivity index (χ1n) is 8.79. The number of hydrogen-bond acceptors (Lipinski definition) is 3. The van der Waals surface area contributed by atoms with Crippen molar-refractivity contribution in [3.05, 3.63) is 60.2 Å². The van der Waals surface area contributed by atoms with Gasteiger partial charge in [0.25, 0.3) is 0 Å². The minimum absolute atomic E-state index is 0.0646. The number of carbonyl (C=O) groups is 1. The lowest BCUT2D eigenvalue weighted by molar-refractivity contribution is 0.198. The fraction of sp³-hybridized carbons (Fsp3) is 0.350. The van der Waals surface area contributed by atoms with E-state index in [1.807, 2.05) is 17.0 Å². The van der Waals surface area contributed by atoms with Crippen LogP contribution in [0, 0.1) is 0 Å². The van der Waals surface area contributed by atoms with E-state index < -0.39 is 0 Å². The van der Waals surface area contributed by atoms with Crippen molar-refractivity contribution in [1.29, 1.82) is 0 Å². The van der Waals surface area contributed by atoms with Gasteiger partial charge in [-0.05, 0) is 43.0 Å². The van der Waals surface area contributed by atoms with Crippen molar-refractivity contribution in [1.82, 2.24) is 14.9 Å². The van der Waals surface area contributed by atoms with E-state index in [4.69, 9.17) is 0 Å². The van der Waals surface area contributed by atoms with Gasteiger partial charge >= 0.3 is 6.03 Å². The summed E-state index contributed by atoms with van der Waals surface area (Å²) in [6, 6.07) is 8.14. The van der Waals surface area contributed by atoms with Gasteiger partial charge in [0.05, 0.1) is 11.9 Å². The number of aromatic nitrogens is 2. The number of rotatable bonds is 4. The van der Waals surface area contributed by atoms with Crippen molar-refractivity contribution in [2.75, 3.05) is 11.9 Å². The number of benzene rings is 1. The van der Waals surface area contributed by atoms with Gasteiger partial charge in [0.2, 0.25) is 0 Å². The summed E-state index contributed by atoms with van der Waals surface area (Å²) in [6.07, 6.45) is 10.2. The lowest BCUT2D eigenvalue weighted by Crippen LogP contribution is -2.43. The Morgan fingerprint density at radius 2 is 2.08 bits per heavy atom. The van der Waals surface area contributed by atoms with Crippen molar-refractivity contribution in [3.8, 4) is 0 Å². The molecule has 25 heavy (non-hydrogen) atoms. The van der Waals surface area contributed by atoms with Crippen LogP contribution in [0.5, 0.6) is 0 Å². The molecule has 0 radical (unpaired) electrons. The number of carbonyl (C=O) groups excluding carboxylic acids is 1. The van der Waals surface area contributed by atoms with Crippen molar-refractivity contribution in [2.24, 2.45) is 0 Å². The number of aryl methyl sites for hydroxylation is 1. The summed E-state index contributed by atoms with van der Waals surface area (Å²) in [6.45, 7) is 4.80. The monoisotopic (exact) mass is 336 g/mol. The number of hydrogen-bond donors (Lipinski definition) is 1. The SMILES string of the molecule is CCCc1ccc(NC(=O)N2CC=C(c3cnccn3)C[C@@H]2C)cc1. The summed E-state index contributed by atoms with van der Waals surface area (Å²) in [5.74, 6) is 0. The second-order valence-electron chi connectivity index (χ2n) is 6.40. The molecule has 0 bridgehead atoms. The Morgan fingerprint density at radius 1 is 1.28 bits per heavy atom. The van der Waals surface area contributed by atoms with Crippen LogP contribution in [0.4, 0.5) is 10.5 Å². The van der Waals surface area contributed by atoms with Crippen LogP contribution in [-0.2, 0) is 6.42 Å². The number of nitrogens with zero attached hydrogens (tertiary/aromatic N) is 3. The van der Waals surface area contributed by atoms with E-state index >= 15 is 0 Å². The average molecular weight is 336 g/mol. The molecular weight excluding hydrogens is 312 g/mol. The molecule has 5 nitrogen and oxygen atoms in total. The zero-order chi connectivity index (χ0) is 17.6. The summed E-state index contributed by atoms with van der Waals surface area (Å²) in [7, 11) is 0. The van der Waals surface area contributed by atoms with Gasteiger partial charge in [0.15, 0.2) is 0 Å². The third-order valence-corrected chi connectivity index (χ3v) is 4.48. The first-order chi connectivity index (χ1) is 12.2. The van der Waals surface area contributed by atoms with Crippen molar-refractivity contribution < 1.29 is 4.79 Å². The number of anilines is 1. The Hall–Kier alpha value is -2.69. The second-order valence-corrected chi connectivity index (χ2v) is 6.40. The maximum atomic E-state index is 12.6. The van der Waals surface area contributed by atoms with E-state index in [2.05, 4.69) is 47.3 Å². The molecule has 5 heteroatoms. The van der Waals surface area contributed by atoms with Crippen LogP contribution in [0.3, 0.4) is 0 Å². The molecule has 1 aliphatic heterocycles. The molecule has 0 spiro atoms. The molecule has 2 aromatic rings. The molecule has 1 N–H and O–H groups in total. The quantitative estimate of drug-likeness (QED) is 0.913. The zero-order valence-electron chi connectivity index (χ0n) is 14.8. The van der Waals surface area contributed by atoms with Crippen LogP contribution in [-0.4, -0.2) is 33.5 Å². The normalized spacial score (nSPS) is 17.1. The molecule has 0 saturated heterocycles. The van der Waals surface area contributed by atoms with Crippen molar-refractivity contribution in [3.63, 3.8) is 0 Å². The number of urea groups is 1. The van der Waals surface area contributed by atoms with Crippen LogP contribution < -0.4 is 5.32 Å². The van der Waals surface area contributed by atoms with Crippen LogP contribution in [0.25, 0.3) is 5.57 Å². The molecule has 1 aromatic heterocycles. The van der Waals surface area contributed by atoms with E-state index in [1.165, 1.54) is 5.56 Å². The highest BCUT2D eigenvalue weighted by Crippen LogP contribution is 2.25. The predicted molar refractivity (Wildman–Crippen MR) is 100 cm³/mol. The van der Waals surface area contributed by atoms with E-state index in [0.29, 0.717) is 6.54 Å². The Bertz CT molecular complexity index is 740. The summed E-state index contributed by atoms with van der Waals surface area (Å²) in [5, 5.41) is 3.00. The van der Waals surface area contributed by atoms with Gasteiger partial charge < -0.3 is 10.2 Å². The van der Waals surface area contributed by atoms with Gasteiger partial charge in [-0.2, -0.15) is 0 Å². The second kappa shape index (κ2) is 7.92. The third kappa shape index (κ3) is 4.24. The van der Waals surface area contributed by atoms with Crippen molar-refractivity contribution >= 4 is 17.3 Å². The van der Waals surface area contributed by atoms with Crippen molar-refractivity contribution in [2.45, 2.75) is 39.2 Å². The lowest BCUT2D eigenvalue weighted by atomic mass is 9.99. The molecule has 0 fully saturated rings. The summed E-state index contributed by atoms with van der Waals surface area (Å²) >= 11 is 0. The van der Waals surface area contributed by atoms with Crippen LogP contribution >= 0.6 is 0 Å². The van der Waals surface area contributed by atoms with E-state index in [-0.39, 0.29) is 12.1 Å². The highest BCUT2D eigenvalue weighted by Gasteiger charge is 2.25. The molecule has 3 rings (SSSR count). The predicted octanol–water partition coefficient (Wildman–Crippen LogP) is 4.14. The van der Waals surface area contributed by atoms with E-state index in [9.17, 15) is 4.79 Å². The Labute approximate surface area is 148 Å². The van der Waals surface area contributed by atoms with Gasteiger partial charge in [0, 0.05) is 30.7 Å². The van der Waals surface area contributed by atoms with E-state index in [1.54, 1.807) is 18.6 Å². The summed E-state index contributed by atoms with van der Waals surface area (Å²) in [5.41, 5.74) is 4.17. The smallest absolute Gasteiger partial charge is 0.318 e. The zero-order valence-corrected chi connectivity index (χ0v) is 14.8. The molecule has 130 valence electrons. The first-order valence-corrected chi connectivity index (χ1v) is 8.79. The highest BCUT2D eigenvalue weighted by molar-refractivity contribution is 5.90. The molecule has 0 aliphatic carbocycles. The topological polar surface area (TPSA) is 58.1 Å². The molecule has 1 aromatic carbocycles. The van der Waals surface area contributed by atoms with Crippen LogP contribution in [0.2, 0.25) is 0 Å². The van der Waals surface area contributed by atoms with Crippen LogP contribution in [0.1, 0.15) is 37.9 Å². The number of amides is 2. The van der Waals surface area contributed by atoms with Gasteiger partial charge in [-0.15, -0.1) is 0 Å². The van der Waals surface area contributed by atoms with Gasteiger partial charge in [0.1, 0.15) is 0 Å². The largest absolute Gasteiger partial charge is 0.322 e. The first kappa shape index (κ1) is 17.1. The molecule has 2 heterocycles. The fourth-order valence-corrected chi connectivity index (χ4v) is 3.10. The minimum Gasteiger partial charge on any atom is -0.318 e. The third-order valence-electron chi connectivity index (χ3n) is 4.48. The fourth-order valence-electron chi connectivity index (χ4n) is 3.10. The highest BCUT2D eigenvalue weighted by atomic mass is 16.2. The summed E-state index contributed by atoms with van der Waals surface area (Å²) in [4.78, 5) is 22.9. The Kier molecular flexibility index (Phi) is 5.43. The molecular formula is C20H24N4O. The molecule has 1 aliphatic rings. The van der Waals surface area contributed by atoms with Gasteiger partial charge in [-0.3, -0.25) is 9.97 Å². The van der Waals surface area contributed by atoms with Gasteiger partial charge in [-0.1, -0.05) is 31.6 Å². The maximum absolute atomic E-state index is 12.6. The van der Waals surface area contributed by atoms with Crippen LogP contribution in [0.15, 0.2) is 48.9 Å². The Morgan fingerprint density at radius 3 is 2.72 bits per heavy atom. The van der Waals surface area contributed by atoms with Gasteiger partial charge in [-0.25, -0.2) is 4.79 Å². The Balaban J connectivity index is 1.64. The molecule has 0 saturated carbocycles. The molecule has 2 amide bonds. The average Bonchev–Trinajstić information content (AvgIpc) is 2.64.